The number of aliphatic carboxylic acids is 1. The first kappa shape index (κ1) is 11.9. The van der Waals surface area contributed by atoms with Crippen LogP contribution in [0.2, 0.25) is 0 Å². The van der Waals surface area contributed by atoms with E-state index in [1.807, 2.05) is 18.2 Å². The van der Waals surface area contributed by atoms with Gasteiger partial charge in [-0.3, -0.25) is 0 Å². The molecule has 0 amide bonds. The number of carboxylic acids is 1. The molecule has 1 aliphatic rings. The summed E-state index contributed by atoms with van der Waals surface area (Å²) >= 11 is 0. The van der Waals surface area contributed by atoms with Crippen molar-refractivity contribution in [1.82, 2.24) is 0 Å². The van der Waals surface area contributed by atoms with Gasteiger partial charge in [0.1, 0.15) is 0 Å². The minimum atomic E-state index is -0.923. The van der Waals surface area contributed by atoms with Crippen LogP contribution in [-0.4, -0.2) is 11.1 Å². The molecule has 1 aromatic rings. The summed E-state index contributed by atoms with van der Waals surface area (Å²) < 4.78 is 0. The first-order valence-electron chi connectivity index (χ1n) is 6.21. The summed E-state index contributed by atoms with van der Waals surface area (Å²) in [6.45, 7) is 3.68. The van der Waals surface area contributed by atoms with E-state index < -0.39 is 5.97 Å². The Morgan fingerprint density at radius 3 is 2.47 bits per heavy atom. The molecule has 0 unspecified atom stereocenters. The Morgan fingerprint density at radius 2 is 1.82 bits per heavy atom. The fourth-order valence-electron chi connectivity index (χ4n) is 2.66. The highest BCUT2D eigenvalue weighted by molar-refractivity contribution is 6.14. The van der Waals surface area contributed by atoms with Gasteiger partial charge in [-0.1, -0.05) is 50.1 Å². The zero-order valence-electron chi connectivity index (χ0n) is 9.98. The van der Waals surface area contributed by atoms with Crippen LogP contribution in [0.25, 0.3) is 5.57 Å². The molecule has 90 valence electrons. The van der Waals surface area contributed by atoms with Crippen molar-refractivity contribution in [3.8, 4) is 0 Å². The summed E-state index contributed by atoms with van der Waals surface area (Å²) in [5.41, 5.74) is 2.19. The largest absolute Gasteiger partial charge is 0.478 e. The normalized spacial score (nSPS) is 16.7. The van der Waals surface area contributed by atoms with Crippen molar-refractivity contribution >= 4 is 11.5 Å². The first-order chi connectivity index (χ1) is 8.20. The summed E-state index contributed by atoms with van der Waals surface area (Å²) in [4.78, 5) is 11.0. The van der Waals surface area contributed by atoms with E-state index in [9.17, 15) is 4.79 Å². The molecule has 17 heavy (non-hydrogen) atoms. The lowest BCUT2D eigenvalue weighted by Crippen LogP contribution is -2.09. The number of hydrogen-bond acceptors (Lipinski definition) is 1. The van der Waals surface area contributed by atoms with Crippen molar-refractivity contribution in [2.24, 2.45) is 0 Å². The molecule has 0 saturated heterocycles. The molecule has 0 aliphatic heterocycles. The molecule has 2 heteroatoms. The molecular weight excluding hydrogens is 212 g/mol. The van der Waals surface area contributed by atoms with Crippen molar-refractivity contribution in [1.29, 1.82) is 0 Å². The zero-order valence-corrected chi connectivity index (χ0v) is 9.98. The van der Waals surface area contributed by atoms with Crippen LogP contribution in [0.4, 0.5) is 0 Å². The highest BCUT2D eigenvalue weighted by atomic mass is 16.4. The number of hydrogen-bond donors (Lipinski definition) is 1. The van der Waals surface area contributed by atoms with Gasteiger partial charge in [-0.2, -0.15) is 0 Å². The molecule has 1 saturated carbocycles. The van der Waals surface area contributed by atoms with Crippen molar-refractivity contribution in [2.75, 3.05) is 0 Å². The van der Waals surface area contributed by atoms with Crippen LogP contribution in [-0.2, 0) is 4.79 Å². The molecule has 0 radical (unpaired) electrons. The maximum Gasteiger partial charge on any atom is 0.335 e. The smallest absolute Gasteiger partial charge is 0.335 e. The van der Waals surface area contributed by atoms with E-state index in [0.29, 0.717) is 5.92 Å². The minimum absolute atomic E-state index is 0.214. The fourth-order valence-corrected chi connectivity index (χ4v) is 2.66. The SMILES string of the molecule is C=C(C(=O)O)c1ccccc1C1CCCCC1. The number of carbonyl (C=O) groups is 1. The predicted molar refractivity (Wildman–Crippen MR) is 68.9 cm³/mol. The third-order valence-corrected chi connectivity index (χ3v) is 3.59. The molecular formula is C15H18O2. The fraction of sp³-hybridized carbons (Fsp3) is 0.400. The second-order valence-corrected chi connectivity index (χ2v) is 4.71. The van der Waals surface area contributed by atoms with Gasteiger partial charge in [0.15, 0.2) is 0 Å². The molecule has 1 fully saturated rings. The van der Waals surface area contributed by atoms with E-state index in [1.165, 1.54) is 37.7 Å². The molecule has 1 aliphatic carbocycles. The van der Waals surface area contributed by atoms with Gasteiger partial charge in [0.2, 0.25) is 0 Å². The molecule has 2 rings (SSSR count). The second kappa shape index (κ2) is 5.17. The molecule has 1 aromatic carbocycles. The Kier molecular flexibility index (Phi) is 3.62. The van der Waals surface area contributed by atoms with Gasteiger partial charge in [-0.25, -0.2) is 4.79 Å². The Morgan fingerprint density at radius 1 is 1.18 bits per heavy atom. The number of carboxylic acid groups (broad SMARTS) is 1. The lowest BCUT2D eigenvalue weighted by Gasteiger charge is -2.24. The van der Waals surface area contributed by atoms with E-state index in [1.54, 1.807) is 0 Å². The molecule has 0 spiro atoms. The molecule has 0 heterocycles. The highest BCUT2D eigenvalue weighted by Crippen LogP contribution is 2.36. The third kappa shape index (κ3) is 2.57. The lowest BCUT2D eigenvalue weighted by molar-refractivity contribution is -0.130. The van der Waals surface area contributed by atoms with Crippen molar-refractivity contribution in [2.45, 2.75) is 38.0 Å². The van der Waals surface area contributed by atoms with Crippen molar-refractivity contribution in [3.63, 3.8) is 0 Å². The van der Waals surface area contributed by atoms with Gasteiger partial charge < -0.3 is 5.11 Å². The van der Waals surface area contributed by atoms with Crippen molar-refractivity contribution < 1.29 is 9.90 Å². The summed E-state index contributed by atoms with van der Waals surface area (Å²) in [5, 5.41) is 9.06. The van der Waals surface area contributed by atoms with Gasteiger partial charge in [0, 0.05) is 0 Å². The Hall–Kier alpha value is -1.57. The monoisotopic (exact) mass is 230 g/mol. The van der Waals surface area contributed by atoms with E-state index in [-0.39, 0.29) is 5.57 Å². The second-order valence-electron chi connectivity index (χ2n) is 4.71. The van der Waals surface area contributed by atoms with Crippen LogP contribution in [0, 0.1) is 0 Å². The van der Waals surface area contributed by atoms with Crippen molar-refractivity contribution in [3.05, 3.63) is 42.0 Å². The van der Waals surface area contributed by atoms with E-state index in [2.05, 4.69) is 12.6 Å². The predicted octanol–water partition coefficient (Wildman–Crippen LogP) is 3.83. The summed E-state index contributed by atoms with van der Waals surface area (Å²) in [7, 11) is 0. The quantitative estimate of drug-likeness (QED) is 0.801. The third-order valence-electron chi connectivity index (χ3n) is 3.59. The molecule has 1 N–H and O–H groups in total. The highest BCUT2D eigenvalue weighted by Gasteiger charge is 2.20. The average Bonchev–Trinajstić information content (AvgIpc) is 2.39. The van der Waals surface area contributed by atoms with Crippen LogP contribution in [0.1, 0.15) is 49.1 Å². The van der Waals surface area contributed by atoms with Gasteiger partial charge in [0.05, 0.1) is 5.57 Å². The Labute approximate surface area is 102 Å². The number of benzene rings is 1. The summed E-state index contributed by atoms with van der Waals surface area (Å²) in [6, 6.07) is 7.80. The maximum absolute atomic E-state index is 11.0. The standard InChI is InChI=1S/C15H18O2/c1-11(15(16)17)13-9-5-6-10-14(13)12-7-3-2-4-8-12/h5-6,9-10,12H,1-4,7-8H2,(H,16,17). The van der Waals surface area contributed by atoms with E-state index in [0.717, 1.165) is 5.56 Å². The Balaban J connectivity index is 2.32. The lowest BCUT2D eigenvalue weighted by atomic mass is 9.81. The van der Waals surface area contributed by atoms with Crippen LogP contribution in [0.15, 0.2) is 30.8 Å². The average molecular weight is 230 g/mol. The number of rotatable bonds is 3. The molecule has 0 atom stereocenters. The van der Waals surface area contributed by atoms with E-state index in [4.69, 9.17) is 5.11 Å². The first-order valence-corrected chi connectivity index (χ1v) is 6.21. The minimum Gasteiger partial charge on any atom is -0.478 e. The van der Waals surface area contributed by atoms with Gasteiger partial charge in [-0.15, -0.1) is 0 Å². The molecule has 0 aromatic heterocycles. The van der Waals surface area contributed by atoms with Gasteiger partial charge >= 0.3 is 5.97 Å². The Bertz CT molecular complexity index is 428. The van der Waals surface area contributed by atoms with E-state index >= 15 is 0 Å². The van der Waals surface area contributed by atoms with Crippen LogP contribution in [0.3, 0.4) is 0 Å². The van der Waals surface area contributed by atoms with Gasteiger partial charge in [-0.05, 0) is 29.9 Å². The molecule has 2 nitrogen and oxygen atoms in total. The van der Waals surface area contributed by atoms with Crippen LogP contribution < -0.4 is 0 Å². The summed E-state index contributed by atoms with van der Waals surface area (Å²) in [6.07, 6.45) is 6.14. The molecule has 0 bridgehead atoms. The topological polar surface area (TPSA) is 37.3 Å². The van der Waals surface area contributed by atoms with Crippen LogP contribution in [0.5, 0.6) is 0 Å². The maximum atomic E-state index is 11.0. The summed E-state index contributed by atoms with van der Waals surface area (Å²) in [5.74, 6) is -0.413. The van der Waals surface area contributed by atoms with Gasteiger partial charge in [0.25, 0.3) is 0 Å². The zero-order chi connectivity index (χ0) is 12.3. The van der Waals surface area contributed by atoms with Crippen LogP contribution >= 0.6 is 0 Å².